The number of benzene rings is 2. The zero-order chi connectivity index (χ0) is 21.6. The highest BCUT2D eigenvalue weighted by atomic mass is 16.5. The lowest BCUT2D eigenvalue weighted by atomic mass is 10.2. The highest BCUT2D eigenvalue weighted by Gasteiger charge is 2.20. The number of amides is 1. The number of hydrogen-bond donors (Lipinski definition) is 0. The van der Waals surface area contributed by atoms with Crippen molar-refractivity contribution in [1.29, 1.82) is 0 Å². The minimum atomic E-state index is -0.0989. The summed E-state index contributed by atoms with van der Waals surface area (Å²) in [6.07, 6.45) is 1.09. The maximum Gasteiger partial charge on any atom is 0.254 e. The Balaban J connectivity index is 1.23. The lowest BCUT2D eigenvalue weighted by Gasteiger charge is -2.34. The number of carbonyl (C=O) groups is 1. The normalized spacial score (nSPS) is 14.7. The van der Waals surface area contributed by atoms with Gasteiger partial charge < -0.3 is 14.2 Å². The van der Waals surface area contributed by atoms with Crippen LogP contribution in [0.1, 0.15) is 18.4 Å². The Kier molecular flexibility index (Phi) is 6.67. The van der Waals surface area contributed by atoms with Gasteiger partial charge >= 0.3 is 0 Å². The van der Waals surface area contributed by atoms with Gasteiger partial charge in [-0.3, -0.25) is 14.5 Å². The summed E-state index contributed by atoms with van der Waals surface area (Å²) in [5.41, 5.74) is 2.05. The molecule has 0 unspecified atom stereocenters. The molecule has 6 nitrogen and oxygen atoms in total. The van der Waals surface area contributed by atoms with E-state index in [0.29, 0.717) is 25.2 Å². The van der Waals surface area contributed by atoms with Gasteiger partial charge in [0.15, 0.2) is 0 Å². The summed E-state index contributed by atoms with van der Waals surface area (Å²) < 4.78 is 7.50. The lowest BCUT2D eigenvalue weighted by molar-refractivity contribution is -0.133. The van der Waals surface area contributed by atoms with E-state index >= 15 is 0 Å². The third kappa shape index (κ3) is 5.14. The van der Waals surface area contributed by atoms with Gasteiger partial charge in [-0.15, -0.1) is 0 Å². The molecule has 31 heavy (non-hydrogen) atoms. The predicted octanol–water partition coefficient (Wildman–Crippen LogP) is 3.04. The molecular formula is C25H29N3O3. The maximum atomic E-state index is 12.6. The SMILES string of the molecule is Cn1c(=O)cc(OCCCC(=O)N2CCN(Cc3ccccc3)CC2)c2ccccc21. The van der Waals surface area contributed by atoms with E-state index in [0.717, 1.165) is 43.6 Å². The first-order valence-corrected chi connectivity index (χ1v) is 10.9. The third-order valence-corrected chi connectivity index (χ3v) is 5.88. The Hall–Kier alpha value is -3.12. The van der Waals surface area contributed by atoms with Gasteiger partial charge in [0.05, 0.1) is 12.1 Å². The van der Waals surface area contributed by atoms with Crippen molar-refractivity contribution in [3.63, 3.8) is 0 Å². The Morgan fingerprint density at radius 1 is 0.968 bits per heavy atom. The summed E-state index contributed by atoms with van der Waals surface area (Å²) >= 11 is 0. The van der Waals surface area contributed by atoms with Crippen molar-refractivity contribution in [2.75, 3.05) is 32.8 Å². The summed E-state index contributed by atoms with van der Waals surface area (Å²) in [5.74, 6) is 0.762. The molecule has 1 aliphatic heterocycles. The minimum absolute atomic E-state index is 0.0989. The van der Waals surface area contributed by atoms with Crippen molar-refractivity contribution >= 4 is 16.8 Å². The number of ether oxygens (including phenoxy) is 1. The quantitative estimate of drug-likeness (QED) is 0.553. The zero-order valence-electron chi connectivity index (χ0n) is 18.0. The van der Waals surface area contributed by atoms with Gasteiger partial charge in [0.25, 0.3) is 5.56 Å². The molecule has 0 saturated carbocycles. The number of piperazine rings is 1. The second-order valence-electron chi connectivity index (χ2n) is 8.02. The Labute approximate surface area is 182 Å². The van der Waals surface area contributed by atoms with Gasteiger partial charge in [-0.05, 0) is 24.1 Å². The van der Waals surface area contributed by atoms with Gasteiger partial charge in [0.1, 0.15) is 5.75 Å². The average Bonchev–Trinajstić information content (AvgIpc) is 2.81. The van der Waals surface area contributed by atoms with Crippen molar-refractivity contribution < 1.29 is 9.53 Å². The monoisotopic (exact) mass is 419 g/mol. The number of pyridine rings is 1. The molecule has 1 saturated heterocycles. The summed E-state index contributed by atoms with van der Waals surface area (Å²) in [6.45, 7) is 4.68. The molecule has 2 heterocycles. The first-order chi connectivity index (χ1) is 15.1. The van der Waals surface area contributed by atoms with Crippen molar-refractivity contribution in [2.24, 2.45) is 7.05 Å². The van der Waals surface area contributed by atoms with E-state index in [4.69, 9.17) is 4.74 Å². The number of para-hydroxylation sites is 1. The summed E-state index contributed by atoms with van der Waals surface area (Å²) in [6, 6.07) is 19.7. The van der Waals surface area contributed by atoms with E-state index in [1.807, 2.05) is 35.2 Å². The fraction of sp³-hybridized carbons (Fsp3) is 0.360. The number of hydrogen-bond acceptors (Lipinski definition) is 4. The van der Waals surface area contributed by atoms with Crippen LogP contribution in [0.3, 0.4) is 0 Å². The molecule has 0 bridgehead atoms. The number of aromatic nitrogens is 1. The molecule has 6 heteroatoms. The summed E-state index contributed by atoms with van der Waals surface area (Å²) in [5, 5.41) is 0.908. The predicted molar refractivity (Wildman–Crippen MR) is 122 cm³/mol. The van der Waals surface area contributed by atoms with Crippen LogP contribution in [0.4, 0.5) is 0 Å². The van der Waals surface area contributed by atoms with Crippen molar-refractivity contribution in [1.82, 2.24) is 14.4 Å². The highest BCUT2D eigenvalue weighted by molar-refractivity contribution is 5.85. The molecule has 2 aromatic carbocycles. The molecule has 4 rings (SSSR count). The fourth-order valence-electron chi connectivity index (χ4n) is 4.06. The Morgan fingerprint density at radius 2 is 1.68 bits per heavy atom. The second kappa shape index (κ2) is 9.79. The van der Waals surface area contributed by atoms with Gasteiger partial charge in [-0.2, -0.15) is 0 Å². The van der Waals surface area contributed by atoms with Crippen LogP contribution in [-0.2, 0) is 18.4 Å². The van der Waals surface area contributed by atoms with Crippen LogP contribution < -0.4 is 10.3 Å². The Bertz CT molecular complexity index is 1090. The molecule has 162 valence electrons. The van der Waals surface area contributed by atoms with E-state index in [2.05, 4.69) is 29.2 Å². The summed E-state index contributed by atoms with van der Waals surface area (Å²) in [7, 11) is 1.76. The number of nitrogens with zero attached hydrogens (tertiary/aromatic N) is 3. The molecule has 1 amide bonds. The van der Waals surface area contributed by atoms with E-state index in [9.17, 15) is 9.59 Å². The molecule has 0 aliphatic carbocycles. The van der Waals surface area contributed by atoms with Gasteiger partial charge in [0, 0.05) is 57.6 Å². The van der Waals surface area contributed by atoms with Crippen LogP contribution >= 0.6 is 0 Å². The first kappa shape index (κ1) is 21.1. The molecular weight excluding hydrogens is 390 g/mol. The molecule has 0 spiro atoms. The van der Waals surface area contributed by atoms with Crippen molar-refractivity contribution in [3.8, 4) is 5.75 Å². The lowest BCUT2D eigenvalue weighted by Crippen LogP contribution is -2.48. The van der Waals surface area contributed by atoms with E-state index < -0.39 is 0 Å². The molecule has 1 aromatic heterocycles. The summed E-state index contributed by atoms with van der Waals surface area (Å²) in [4.78, 5) is 29.1. The van der Waals surface area contributed by atoms with E-state index in [1.54, 1.807) is 11.6 Å². The molecule has 1 fully saturated rings. The smallest absolute Gasteiger partial charge is 0.254 e. The van der Waals surface area contributed by atoms with E-state index in [-0.39, 0.29) is 11.5 Å². The van der Waals surface area contributed by atoms with Crippen LogP contribution in [0.5, 0.6) is 5.75 Å². The molecule has 0 atom stereocenters. The maximum absolute atomic E-state index is 12.6. The van der Waals surface area contributed by atoms with Crippen molar-refractivity contribution in [2.45, 2.75) is 19.4 Å². The molecule has 0 N–H and O–H groups in total. The number of rotatable bonds is 7. The van der Waals surface area contributed by atoms with Gasteiger partial charge in [-0.25, -0.2) is 0 Å². The van der Waals surface area contributed by atoms with Crippen LogP contribution in [0.25, 0.3) is 10.9 Å². The fourth-order valence-corrected chi connectivity index (χ4v) is 4.06. The van der Waals surface area contributed by atoms with Crippen molar-refractivity contribution in [3.05, 3.63) is 76.6 Å². The van der Waals surface area contributed by atoms with Crippen LogP contribution in [-0.4, -0.2) is 53.1 Å². The minimum Gasteiger partial charge on any atom is -0.493 e. The van der Waals surface area contributed by atoms with Gasteiger partial charge in [-0.1, -0.05) is 42.5 Å². The largest absolute Gasteiger partial charge is 0.493 e. The molecule has 1 aliphatic rings. The molecule has 0 radical (unpaired) electrons. The average molecular weight is 420 g/mol. The van der Waals surface area contributed by atoms with E-state index in [1.165, 1.54) is 11.6 Å². The number of carbonyl (C=O) groups excluding carboxylic acids is 1. The Morgan fingerprint density at radius 3 is 2.45 bits per heavy atom. The highest BCUT2D eigenvalue weighted by Crippen LogP contribution is 2.23. The second-order valence-corrected chi connectivity index (χ2v) is 8.02. The van der Waals surface area contributed by atoms with Crippen LogP contribution in [0, 0.1) is 0 Å². The van der Waals surface area contributed by atoms with Crippen LogP contribution in [0.15, 0.2) is 65.5 Å². The number of aryl methyl sites for hydroxylation is 1. The zero-order valence-corrected chi connectivity index (χ0v) is 18.0. The number of fused-ring (bicyclic) bond motifs is 1. The van der Waals surface area contributed by atoms with Gasteiger partial charge in [0.2, 0.25) is 5.91 Å². The standard InChI is InChI=1S/C25H29N3O3/c1-26-22-11-6-5-10-21(22)23(18-25(26)30)31-17-7-12-24(29)28-15-13-27(14-16-28)19-20-8-3-2-4-9-20/h2-6,8-11,18H,7,12-17,19H2,1H3. The third-order valence-electron chi connectivity index (χ3n) is 5.88. The van der Waals surface area contributed by atoms with Crippen LogP contribution in [0.2, 0.25) is 0 Å². The first-order valence-electron chi connectivity index (χ1n) is 10.9. The molecule has 3 aromatic rings. The topological polar surface area (TPSA) is 54.8 Å².